The summed E-state index contributed by atoms with van der Waals surface area (Å²) in [6, 6.07) is 7.13. The molecule has 1 aromatic rings. The van der Waals surface area contributed by atoms with Gasteiger partial charge in [-0.3, -0.25) is 9.59 Å². The third-order valence-corrected chi connectivity index (χ3v) is 5.91. The molecule has 0 radical (unpaired) electrons. The van der Waals surface area contributed by atoms with Crippen LogP contribution in [0.2, 0.25) is 5.02 Å². The first-order chi connectivity index (χ1) is 11.5. The largest absolute Gasteiger partial charge is 0.353 e. The lowest BCUT2D eigenvalue weighted by atomic mass is 9.84. The van der Waals surface area contributed by atoms with Crippen molar-refractivity contribution in [3.05, 3.63) is 34.9 Å². The smallest absolute Gasteiger partial charge is 0.252 e. The Balaban J connectivity index is 1.40. The normalized spacial score (nSPS) is 26.2. The molecule has 2 bridgehead atoms. The molecule has 0 aromatic heterocycles. The van der Waals surface area contributed by atoms with Gasteiger partial charge in [0.25, 0.3) is 5.91 Å². The minimum absolute atomic E-state index is 0.00438. The average molecular weight is 349 g/mol. The van der Waals surface area contributed by atoms with Crippen LogP contribution >= 0.6 is 11.6 Å². The molecule has 130 valence electrons. The van der Waals surface area contributed by atoms with Gasteiger partial charge in [-0.15, -0.1) is 0 Å². The maximum absolute atomic E-state index is 12.1. The Morgan fingerprint density at radius 2 is 2.04 bits per heavy atom. The van der Waals surface area contributed by atoms with E-state index in [4.69, 9.17) is 11.6 Å². The Kier molecular flexibility index (Phi) is 5.44. The van der Waals surface area contributed by atoms with Crippen molar-refractivity contribution in [2.45, 2.75) is 45.1 Å². The zero-order valence-corrected chi connectivity index (χ0v) is 14.8. The Bertz CT molecular complexity index is 619. The number of hydrogen-bond donors (Lipinski definition) is 2. The average Bonchev–Trinajstić information content (AvgIpc) is 3.18. The van der Waals surface area contributed by atoms with E-state index in [9.17, 15) is 9.59 Å². The predicted octanol–water partition coefficient (Wildman–Crippen LogP) is 3.40. The lowest BCUT2D eigenvalue weighted by Gasteiger charge is -2.28. The van der Waals surface area contributed by atoms with E-state index in [0.29, 0.717) is 29.5 Å². The molecule has 2 saturated carbocycles. The monoisotopic (exact) mass is 348 g/mol. The lowest BCUT2D eigenvalue weighted by molar-refractivity contribution is -0.122. The Morgan fingerprint density at radius 3 is 2.71 bits per heavy atom. The van der Waals surface area contributed by atoms with Crippen molar-refractivity contribution in [3.63, 3.8) is 0 Å². The molecule has 4 nitrogen and oxygen atoms in total. The van der Waals surface area contributed by atoms with Crippen LogP contribution in [-0.4, -0.2) is 24.4 Å². The number of rotatable bonds is 6. The molecule has 2 amide bonds. The number of hydrogen-bond acceptors (Lipinski definition) is 2. The molecular weight excluding hydrogens is 324 g/mol. The lowest BCUT2D eigenvalue weighted by Crippen LogP contribution is -2.41. The van der Waals surface area contributed by atoms with E-state index in [2.05, 4.69) is 17.6 Å². The topological polar surface area (TPSA) is 58.2 Å². The molecule has 2 aliphatic carbocycles. The molecule has 0 spiro atoms. The first-order valence-electron chi connectivity index (χ1n) is 8.86. The van der Waals surface area contributed by atoms with Crippen molar-refractivity contribution in [1.82, 2.24) is 10.6 Å². The Morgan fingerprint density at radius 1 is 1.25 bits per heavy atom. The highest BCUT2D eigenvalue weighted by atomic mass is 35.5. The van der Waals surface area contributed by atoms with Gasteiger partial charge in [0.2, 0.25) is 5.91 Å². The van der Waals surface area contributed by atoms with Gasteiger partial charge < -0.3 is 10.6 Å². The second-order valence-electron chi connectivity index (χ2n) is 7.18. The van der Waals surface area contributed by atoms with Gasteiger partial charge in [-0.25, -0.2) is 0 Å². The number of carbonyl (C=O) groups excluding carboxylic acids is 2. The van der Waals surface area contributed by atoms with Gasteiger partial charge in [0.15, 0.2) is 0 Å². The number of amides is 2. The van der Waals surface area contributed by atoms with Crippen LogP contribution in [0.25, 0.3) is 0 Å². The van der Waals surface area contributed by atoms with Crippen molar-refractivity contribution in [2.24, 2.45) is 17.8 Å². The first-order valence-corrected chi connectivity index (χ1v) is 9.24. The third-order valence-electron chi connectivity index (χ3n) is 5.58. The zero-order valence-electron chi connectivity index (χ0n) is 14.1. The van der Waals surface area contributed by atoms with E-state index in [1.807, 2.05) is 0 Å². The molecule has 0 aliphatic heterocycles. The summed E-state index contributed by atoms with van der Waals surface area (Å²) in [5.41, 5.74) is 0.440. The van der Waals surface area contributed by atoms with Gasteiger partial charge in [0.1, 0.15) is 0 Å². The van der Waals surface area contributed by atoms with E-state index >= 15 is 0 Å². The van der Waals surface area contributed by atoms with Crippen molar-refractivity contribution >= 4 is 23.4 Å². The van der Waals surface area contributed by atoms with Crippen LogP contribution < -0.4 is 10.6 Å². The standard InChI is InChI=1S/C19H25ClN2O2/c1-12(16-11-13-6-7-14(16)10-13)22-18(23)8-9-21-19(24)15-4-2-3-5-17(15)20/h2-5,12-14,16H,6-11H2,1H3,(H,21,24)(H,22,23)/t12-,13+,14+,16+/m1/s1. The SMILES string of the molecule is C[C@@H](NC(=O)CCNC(=O)c1ccccc1Cl)[C@@H]1C[C@H]2CC[C@H]1C2. The number of benzene rings is 1. The van der Waals surface area contributed by atoms with Gasteiger partial charge in [-0.1, -0.05) is 30.2 Å². The fourth-order valence-corrected chi connectivity index (χ4v) is 4.59. The van der Waals surface area contributed by atoms with E-state index in [1.54, 1.807) is 24.3 Å². The van der Waals surface area contributed by atoms with Crippen molar-refractivity contribution in [1.29, 1.82) is 0 Å². The minimum Gasteiger partial charge on any atom is -0.353 e. The van der Waals surface area contributed by atoms with Crippen LogP contribution in [0.15, 0.2) is 24.3 Å². The second kappa shape index (κ2) is 7.56. The summed E-state index contributed by atoms with van der Waals surface area (Å²) in [6.45, 7) is 2.44. The Hall–Kier alpha value is -1.55. The van der Waals surface area contributed by atoms with Crippen LogP contribution in [0.5, 0.6) is 0 Å². The van der Waals surface area contributed by atoms with Gasteiger partial charge in [-0.05, 0) is 56.1 Å². The van der Waals surface area contributed by atoms with E-state index < -0.39 is 0 Å². The molecule has 24 heavy (non-hydrogen) atoms. The molecule has 3 rings (SSSR count). The Labute approximate surface area is 148 Å². The fraction of sp³-hybridized carbons (Fsp3) is 0.579. The van der Waals surface area contributed by atoms with Gasteiger partial charge in [0, 0.05) is 19.0 Å². The number of halogens is 1. The highest BCUT2D eigenvalue weighted by Crippen LogP contribution is 2.49. The number of carbonyl (C=O) groups is 2. The summed E-state index contributed by atoms with van der Waals surface area (Å²) in [6.07, 6.45) is 5.59. The number of fused-ring (bicyclic) bond motifs is 2. The quantitative estimate of drug-likeness (QED) is 0.827. The third kappa shape index (κ3) is 3.92. The maximum atomic E-state index is 12.1. The van der Waals surface area contributed by atoms with Crippen LogP contribution in [0.1, 0.15) is 49.4 Å². The van der Waals surface area contributed by atoms with Crippen molar-refractivity contribution in [2.75, 3.05) is 6.54 Å². The van der Waals surface area contributed by atoms with E-state index in [1.165, 1.54) is 25.7 Å². The summed E-state index contributed by atoms with van der Waals surface area (Å²) in [4.78, 5) is 24.2. The highest BCUT2D eigenvalue weighted by molar-refractivity contribution is 6.33. The highest BCUT2D eigenvalue weighted by Gasteiger charge is 2.42. The van der Waals surface area contributed by atoms with Crippen LogP contribution in [0.4, 0.5) is 0 Å². The molecule has 5 heteroatoms. The van der Waals surface area contributed by atoms with Gasteiger partial charge in [0.05, 0.1) is 10.6 Å². The van der Waals surface area contributed by atoms with E-state index in [0.717, 1.165) is 11.8 Å². The summed E-state index contributed by atoms with van der Waals surface area (Å²) < 4.78 is 0. The molecule has 0 heterocycles. The van der Waals surface area contributed by atoms with Crippen molar-refractivity contribution in [3.8, 4) is 0 Å². The number of nitrogens with one attached hydrogen (secondary N) is 2. The zero-order chi connectivity index (χ0) is 17.1. The molecule has 4 atom stereocenters. The van der Waals surface area contributed by atoms with Crippen LogP contribution in [-0.2, 0) is 4.79 Å². The summed E-state index contributed by atoms with van der Waals surface area (Å²) in [5.74, 6) is 2.07. The maximum Gasteiger partial charge on any atom is 0.252 e. The molecule has 2 N–H and O–H groups in total. The van der Waals surface area contributed by atoms with Crippen LogP contribution in [0.3, 0.4) is 0 Å². The van der Waals surface area contributed by atoms with Gasteiger partial charge in [-0.2, -0.15) is 0 Å². The summed E-state index contributed by atoms with van der Waals surface area (Å²) in [7, 11) is 0. The van der Waals surface area contributed by atoms with Crippen molar-refractivity contribution < 1.29 is 9.59 Å². The molecule has 1 aromatic carbocycles. The predicted molar refractivity (Wildman–Crippen MR) is 94.9 cm³/mol. The molecule has 0 saturated heterocycles. The molecule has 0 unspecified atom stereocenters. The molecular formula is C19H25ClN2O2. The minimum atomic E-state index is -0.241. The van der Waals surface area contributed by atoms with Gasteiger partial charge >= 0.3 is 0 Å². The van der Waals surface area contributed by atoms with E-state index in [-0.39, 0.29) is 17.9 Å². The van der Waals surface area contributed by atoms with Crippen LogP contribution in [0, 0.1) is 17.8 Å². The summed E-state index contributed by atoms with van der Waals surface area (Å²) in [5, 5.41) is 6.29. The fourth-order valence-electron chi connectivity index (χ4n) is 4.37. The molecule has 2 aliphatic rings. The summed E-state index contributed by atoms with van der Waals surface area (Å²) >= 11 is 5.99. The second-order valence-corrected chi connectivity index (χ2v) is 7.59. The first kappa shape index (κ1) is 17.3. The molecule has 2 fully saturated rings.